The summed E-state index contributed by atoms with van der Waals surface area (Å²) in [6, 6.07) is 21.1. The zero-order valence-electron chi connectivity index (χ0n) is 20.7. The number of anilines is 4. The maximum absolute atomic E-state index is 5.57. The molecule has 3 heterocycles. The number of rotatable bonds is 6. The predicted molar refractivity (Wildman–Crippen MR) is 150 cm³/mol. The molecule has 0 bridgehead atoms. The third-order valence-electron chi connectivity index (χ3n) is 6.56. The number of morpholine rings is 1. The summed E-state index contributed by atoms with van der Waals surface area (Å²) in [4.78, 5) is 16.7. The van der Waals surface area contributed by atoms with Crippen LogP contribution in [0, 0.1) is 6.92 Å². The van der Waals surface area contributed by atoms with Crippen LogP contribution in [0.2, 0.25) is 0 Å². The van der Waals surface area contributed by atoms with Gasteiger partial charge in [0.05, 0.1) is 13.2 Å². The van der Waals surface area contributed by atoms with Crippen LogP contribution in [0.25, 0.3) is 0 Å². The highest BCUT2D eigenvalue weighted by Gasteiger charge is 2.22. The molecule has 0 aliphatic carbocycles. The van der Waals surface area contributed by atoms with Gasteiger partial charge in [0.25, 0.3) is 0 Å². The second-order valence-electron chi connectivity index (χ2n) is 9.11. The number of thiocarbonyl (C=S) groups is 1. The van der Waals surface area contributed by atoms with Crippen LogP contribution >= 0.6 is 12.2 Å². The zero-order chi connectivity index (χ0) is 24.7. The Morgan fingerprint density at radius 3 is 2.11 bits per heavy atom. The molecule has 36 heavy (non-hydrogen) atoms. The second kappa shape index (κ2) is 11.5. The molecular weight excluding hydrogens is 470 g/mol. The first-order valence-electron chi connectivity index (χ1n) is 12.5. The minimum Gasteiger partial charge on any atom is -0.378 e. The van der Waals surface area contributed by atoms with Crippen LogP contribution in [0.1, 0.15) is 11.1 Å². The molecule has 2 aliphatic heterocycles. The topological polar surface area (TPSA) is 68.8 Å². The number of benzene rings is 2. The van der Waals surface area contributed by atoms with Crippen molar-refractivity contribution in [1.82, 2.24) is 15.3 Å². The molecule has 0 saturated carbocycles. The summed E-state index contributed by atoms with van der Waals surface area (Å²) in [5.74, 6) is 2.33. The first kappa shape index (κ1) is 24.3. The lowest BCUT2D eigenvalue weighted by molar-refractivity contribution is 0.122. The van der Waals surface area contributed by atoms with Gasteiger partial charge in [-0.1, -0.05) is 48.0 Å². The second-order valence-corrected chi connectivity index (χ2v) is 9.52. The molecule has 188 valence electrons. The summed E-state index contributed by atoms with van der Waals surface area (Å²) in [5.41, 5.74) is 3.68. The Morgan fingerprint density at radius 1 is 0.833 bits per heavy atom. The van der Waals surface area contributed by atoms with Crippen molar-refractivity contribution in [3.05, 3.63) is 71.8 Å². The smallest absolute Gasteiger partial charge is 0.232 e. The third-order valence-corrected chi connectivity index (χ3v) is 6.80. The van der Waals surface area contributed by atoms with E-state index in [0.29, 0.717) is 30.8 Å². The van der Waals surface area contributed by atoms with Gasteiger partial charge < -0.3 is 30.1 Å². The molecule has 3 aromatic rings. The Morgan fingerprint density at radius 2 is 1.44 bits per heavy atom. The molecule has 0 unspecified atom stereocenters. The van der Waals surface area contributed by atoms with Gasteiger partial charge in [0.1, 0.15) is 11.6 Å². The van der Waals surface area contributed by atoms with E-state index in [1.54, 1.807) is 0 Å². The number of para-hydroxylation sites is 1. The van der Waals surface area contributed by atoms with Crippen LogP contribution in [0.5, 0.6) is 0 Å². The van der Waals surface area contributed by atoms with E-state index in [1.165, 1.54) is 16.8 Å². The van der Waals surface area contributed by atoms with Gasteiger partial charge >= 0.3 is 0 Å². The number of nitrogens with zero attached hydrogens (tertiary/aromatic N) is 5. The lowest BCUT2D eigenvalue weighted by Gasteiger charge is -2.37. The first-order chi connectivity index (χ1) is 17.6. The van der Waals surface area contributed by atoms with Crippen molar-refractivity contribution in [3.63, 3.8) is 0 Å². The van der Waals surface area contributed by atoms with Crippen LogP contribution in [0.15, 0.2) is 60.7 Å². The summed E-state index contributed by atoms with van der Waals surface area (Å²) in [6.07, 6.45) is 0. The first-order valence-corrected chi connectivity index (χ1v) is 12.9. The minimum absolute atomic E-state index is 0.509. The standard InChI is InChI=1S/C27H33N7OS/c1-21-7-9-22(10-8-21)20-28-27(36)31-26-29-24(19-25(30-26)34-15-17-35-18-16-34)33-13-11-32(12-14-33)23-5-3-2-4-6-23/h2-10,19H,11-18,20H2,1H3,(H2,28,29,30,31,36). The Kier molecular flexibility index (Phi) is 7.78. The third kappa shape index (κ3) is 6.22. The van der Waals surface area contributed by atoms with Gasteiger partial charge in [-0.3, -0.25) is 0 Å². The average Bonchev–Trinajstić information content (AvgIpc) is 2.94. The van der Waals surface area contributed by atoms with Crippen LogP contribution in [0.4, 0.5) is 23.3 Å². The van der Waals surface area contributed by atoms with Gasteiger partial charge in [-0.05, 0) is 36.8 Å². The van der Waals surface area contributed by atoms with E-state index < -0.39 is 0 Å². The molecule has 9 heteroatoms. The molecular formula is C27H33N7OS. The summed E-state index contributed by atoms with van der Waals surface area (Å²) >= 11 is 5.57. The lowest BCUT2D eigenvalue weighted by Crippen LogP contribution is -2.47. The van der Waals surface area contributed by atoms with Gasteiger partial charge in [0.2, 0.25) is 5.95 Å². The summed E-state index contributed by atoms with van der Waals surface area (Å²) in [5, 5.41) is 7.00. The van der Waals surface area contributed by atoms with Crippen molar-refractivity contribution in [3.8, 4) is 0 Å². The van der Waals surface area contributed by atoms with Gasteiger partial charge in [0, 0.05) is 57.6 Å². The quantitative estimate of drug-likeness (QED) is 0.493. The molecule has 0 atom stereocenters. The Labute approximate surface area is 218 Å². The fourth-order valence-corrected chi connectivity index (χ4v) is 4.62. The molecule has 2 N–H and O–H groups in total. The van der Waals surface area contributed by atoms with E-state index in [0.717, 1.165) is 50.9 Å². The molecule has 1 aromatic heterocycles. The maximum Gasteiger partial charge on any atom is 0.232 e. The normalized spacial score (nSPS) is 16.1. The summed E-state index contributed by atoms with van der Waals surface area (Å²) < 4.78 is 5.55. The molecule has 2 aromatic carbocycles. The zero-order valence-corrected chi connectivity index (χ0v) is 21.5. The van der Waals surface area contributed by atoms with Crippen LogP contribution < -0.4 is 25.3 Å². The minimum atomic E-state index is 0.509. The summed E-state index contributed by atoms with van der Waals surface area (Å²) in [6.45, 7) is 9.43. The SMILES string of the molecule is Cc1ccc(CNC(=S)Nc2nc(N3CCOCC3)cc(N3CCN(c4ccccc4)CC3)n2)cc1. The molecule has 2 fully saturated rings. The average molecular weight is 504 g/mol. The Balaban J connectivity index is 1.28. The molecule has 2 saturated heterocycles. The van der Waals surface area contributed by atoms with E-state index in [-0.39, 0.29) is 0 Å². The molecule has 8 nitrogen and oxygen atoms in total. The van der Waals surface area contributed by atoms with Crippen molar-refractivity contribution < 1.29 is 4.74 Å². The fraction of sp³-hybridized carbons (Fsp3) is 0.370. The summed E-state index contributed by atoms with van der Waals surface area (Å²) in [7, 11) is 0. The van der Waals surface area contributed by atoms with Gasteiger partial charge in [0.15, 0.2) is 5.11 Å². The van der Waals surface area contributed by atoms with E-state index >= 15 is 0 Å². The predicted octanol–water partition coefficient (Wildman–Crippen LogP) is 3.43. The van der Waals surface area contributed by atoms with E-state index in [1.807, 2.05) is 0 Å². The number of hydrogen-bond acceptors (Lipinski definition) is 7. The molecule has 0 amide bonds. The number of aryl methyl sites for hydroxylation is 1. The van der Waals surface area contributed by atoms with E-state index in [9.17, 15) is 0 Å². The maximum atomic E-state index is 5.57. The molecule has 5 rings (SSSR count). The van der Waals surface area contributed by atoms with Crippen molar-refractivity contribution in [2.24, 2.45) is 0 Å². The van der Waals surface area contributed by atoms with Gasteiger partial charge in [-0.25, -0.2) is 0 Å². The number of hydrogen-bond donors (Lipinski definition) is 2. The Hall–Kier alpha value is -3.43. The van der Waals surface area contributed by atoms with Gasteiger partial charge in [-0.15, -0.1) is 0 Å². The lowest BCUT2D eigenvalue weighted by atomic mass is 10.1. The molecule has 2 aliphatic rings. The molecule has 0 radical (unpaired) electrons. The number of aromatic nitrogens is 2. The van der Waals surface area contributed by atoms with E-state index in [4.69, 9.17) is 26.9 Å². The largest absolute Gasteiger partial charge is 0.378 e. The van der Waals surface area contributed by atoms with Crippen LogP contribution in [-0.4, -0.2) is 67.6 Å². The highest BCUT2D eigenvalue weighted by atomic mass is 32.1. The van der Waals surface area contributed by atoms with Crippen molar-refractivity contribution >= 4 is 40.6 Å². The number of piperazine rings is 1. The van der Waals surface area contributed by atoms with Gasteiger partial charge in [-0.2, -0.15) is 9.97 Å². The van der Waals surface area contributed by atoms with Crippen molar-refractivity contribution in [2.75, 3.05) is 72.5 Å². The Bertz CT molecular complexity index is 1140. The monoisotopic (exact) mass is 503 g/mol. The number of nitrogens with one attached hydrogen (secondary N) is 2. The van der Waals surface area contributed by atoms with Crippen LogP contribution in [0.3, 0.4) is 0 Å². The molecule has 0 spiro atoms. The van der Waals surface area contributed by atoms with E-state index in [2.05, 4.69) is 92.9 Å². The van der Waals surface area contributed by atoms with Crippen molar-refractivity contribution in [1.29, 1.82) is 0 Å². The highest BCUT2D eigenvalue weighted by molar-refractivity contribution is 7.80. The fourth-order valence-electron chi connectivity index (χ4n) is 4.46. The van der Waals surface area contributed by atoms with Crippen molar-refractivity contribution in [2.45, 2.75) is 13.5 Å². The highest BCUT2D eigenvalue weighted by Crippen LogP contribution is 2.24. The number of ether oxygens (including phenoxy) is 1. The van der Waals surface area contributed by atoms with Crippen LogP contribution in [-0.2, 0) is 11.3 Å².